The molecule has 1 saturated carbocycles. The molecule has 20 heavy (non-hydrogen) atoms. The van der Waals surface area contributed by atoms with E-state index in [0.29, 0.717) is 10.0 Å². The van der Waals surface area contributed by atoms with Crippen LogP contribution in [0.4, 0.5) is 9.18 Å². The molecular formula is C14H18BrFN2O2. The molecule has 1 aromatic carbocycles. The van der Waals surface area contributed by atoms with E-state index in [1.807, 2.05) is 0 Å². The highest BCUT2D eigenvalue weighted by Gasteiger charge is 2.34. The number of halogens is 2. The van der Waals surface area contributed by atoms with Crippen molar-refractivity contribution >= 4 is 22.0 Å². The number of aliphatic hydroxyl groups is 1. The maximum absolute atomic E-state index is 13.2. The predicted molar refractivity (Wildman–Crippen MR) is 77.8 cm³/mol. The van der Waals surface area contributed by atoms with Crippen LogP contribution in [0.5, 0.6) is 0 Å². The van der Waals surface area contributed by atoms with E-state index in [1.165, 1.54) is 12.1 Å². The standard InChI is InChI=1S/C14H18BrFN2O2/c15-11-5-10(6-12(16)7-11)8-17-13(20)18-14(9-19)3-1-2-4-14/h5-7,19H,1-4,8-9H2,(H2,17,18,20). The Morgan fingerprint density at radius 2 is 2.05 bits per heavy atom. The molecule has 0 radical (unpaired) electrons. The van der Waals surface area contributed by atoms with Crippen LogP contribution >= 0.6 is 15.9 Å². The van der Waals surface area contributed by atoms with E-state index in [9.17, 15) is 14.3 Å². The second kappa shape index (κ2) is 6.54. The molecule has 1 fully saturated rings. The molecule has 0 unspecified atom stereocenters. The Hall–Kier alpha value is -1.14. The molecule has 0 saturated heterocycles. The fraction of sp³-hybridized carbons (Fsp3) is 0.500. The van der Waals surface area contributed by atoms with Crippen molar-refractivity contribution in [2.75, 3.05) is 6.61 Å². The third-order valence-electron chi connectivity index (χ3n) is 3.62. The predicted octanol–water partition coefficient (Wildman–Crippen LogP) is 2.69. The largest absolute Gasteiger partial charge is 0.394 e. The summed E-state index contributed by atoms with van der Waals surface area (Å²) in [5.74, 6) is -0.348. The molecule has 1 aliphatic carbocycles. The van der Waals surface area contributed by atoms with Crippen molar-refractivity contribution in [2.45, 2.75) is 37.8 Å². The Morgan fingerprint density at radius 1 is 1.35 bits per heavy atom. The molecule has 2 rings (SSSR count). The molecule has 0 atom stereocenters. The lowest BCUT2D eigenvalue weighted by Crippen LogP contribution is -2.52. The first-order valence-corrected chi connectivity index (χ1v) is 7.44. The Morgan fingerprint density at radius 3 is 2.65 bits per heavy atom. The number of aliphatic hydroxyl groups excluding tert-OH is 1. The van der Waals surface area contributed by atoms with Gasteiger partial charge in [0.15, 0.2) is 0 Å². The van der Waals surface area contributed by atoms with Crippen LogP contribution in [0, 0.1) is 5.82 Å². The summed E-state index contributed by atoms with van der Waals surface area (Å²) in [6.45, 7) is 0.190. The first kappa shape index (κ1) is 15.3. The number of nitrogens with one attached hydrogen (secondary N) is 2. The van der Waals surface area contributed by atoms with Crippen LogP contribution in [0.15, 0.2) is 22.7 Å². The number of hydrogen-bond acceptors (Lipinski definition) is 2. The van der Waals surface area contributed by atoms with E-state index < -0.39 is 5.54 Å². The van der Waals surface area contributed by atoms with Gasteiger partial charge in [0, 0.05) is 11.0 Å². The number of amides is 2. The molecule has 4 nitrogen and oxygen atoms in total. The normalized spacial score (nSPS) is 16.9. The number of benzene rings is 1. The van der Waals surface area contributed by atoms with Crippen molar-refractivity contribution < 1.29 is 14.3 Å². The summed E-state index contributed by atoms with van der Waals surface area (Å²) in [6, 6.07) is 4.16. The van der Waals surface area contributed by atoms with Gasteiger partial charge in [-0.2, -0.15) is 0 Å². The van der Waals surface area contributed by atoms with Crippen LogP contribution in [0.3, 0.4) is 0 Å². The van der Waals surface area contributed by atoms with Gasteiger partial charge in [0.1, 0.15) is 5.82 Å². The van der Waals surface area contributed by atoms with E-state index >= 15 is 0 Å². The van der Waals surface area contributed by atoms with Crippen LogP contribution in [-0.2, 0) is 6.54 Å². The Balaban J connectivity index is 1.88. The molecule has 0 bridgehead atoms. The molecule has 2 amide bonds. The zero-order chi connectivity index (χ0) is 14.6. The average molecular weight is 345 g/mol. The minimum atomic E-state index is -0.493. The SMILES string of the molecule is O=C(NCc1cc(F)cc(Br)c1)NC1(CO)CCCC1. The number of carbonyl (C=O) groups excluding carboxylic acids is 1. The zero-order valence-corrected chi connectivity index (χ0v) is 12.7. The van der Waals surface area contributed by atoms with Crippen LogP contribution < -0.4 is 10.6 Å². The summed E-state index contributed by atoms with van der Waals surface area (Å²) in [5, 5.41) is 15.0. The van der Waals surface area contributed by atoms with Gasteiger partial charge >= 0.3 is 6.03 Å². The van der Waals surface area contributed by atoms with Crippen LogP contribution in [0.1, 0.15) is 31.2 Å². The lowest BCUT2D eigenvalue weighted by atomic mass is 9.99. The third-order valence-corrected chi connectivity index (χ3v) is 4.08. The molecule has 1 aliphatic rings. The van der Waals surface area contributed by atoms with Crippen LogP contribution in [-0.4, -0.2) is 23.3 Å². The molecular weight excluding hydrogens is 327 g/mol. The zero-order valence-electron chi connectivity index (χ0n) is 11.1. The number of hydrogen-bond donors (Lipinski definition) is 3. The van der Waals surface area contributed by atoms with Crippen molar-refractivity contribution in [3.8, 4) is 0 Å². The molecule has 6 heteroatoms. The maximum Gasteiger partial charge on any atom is 0.315 e. The molecule has 1 aromatic rings. The number of carbonyl (C=O) groups is 1. The first-order chi connectivity index (χ1) is 9.53. The highest BCUT2D eigenvalue weighted by atomic mass is 79.9. The fourth-order valence-electron chi connectivity index (χ4n) is 2.55. The smallest absolute Gasteiger partial charge is 0.315 e. The summed E-state index contributed by atoms with van der Waals surface area (Å²) >= 11 is 3.21. The highest BCUT2D eigenvalue weighted by molar-refractivity contribution is 9.10. The van der Waals surface area contributed by atoms with E-state index in [1.54, 1.807) is 6.07 Å². The summed E-state index contributed by atoms with van der Waals surface area (Å²) in [4.78, 5) is 11.9. The Bertz CT molecular complexity index is 470. The molecule has 3 N–H and O–H groups in total. The van der Waals surface area contributed by atoms with Gasteiger partial charge in [-0.05, 0) is 36.6 Å². The van der Waals surface area contributed by atoms with Gasteiger partial charge in [0.2, 0.25) is 0 Å². The number of rotatable bonds is 4. The van der Waals surface area contributed by atoms with Crippen molar-refractivity contribution in [1.82, 2.24) is 10.6 Å². The molecule has 110 valence electrons. The second-order valence-electron chi connectivity index (χ2n) is 5.23. The average Bonchev–Trinajstić information content (AvgIpc) is 2.84. The topological polar surface area (TPSA) is 61.4 Å². The molecule has 0 aromatic heterocycles. The van der Waals surface area contributed by atoms with Crippen LogP contribution in [0.2, 0.25) is 0 Å². The monoisotopic (exact) mass is 344 g/mol. The Kier molecular flexibility index (Phi) is 4.99. The molecule has 0 spiro atoms. The fourth-order valence-corrected chi connectivity index (χ4v) is 3.07. The van der Waals surface area contributed by atoms with E-state index in [-0.39, 0.29) is 25.0 Å². The second-order valence-corrected chi connectivity index (χ2v) is 6.15. The van der Waals surface area contributed by atoms with Gasteiger partial charge in [-0.3, -0.25) is 0 Å². The summed E-state index contributed by atoms with van der Waals surface area (Å²) < 4.78 is 13.8. The third kappa shape index (κ3) is 3.93. The van der Waals surface area contributed by atoms with Crippen LogP contribution in [0.25, 0.3) is 0 Å². The summed E-state index contributed by atoms with van der Waals surface area (Å²) in [6.07, 6.45) is 3.61. The lowest BCUT2D eigenvalue weighted by Gasteiger charge is -2.28. The van der Waals surface area contributed by atoms with Crippen molar-refractivity contribution in [3.05, 3.63) is 34.1 Å². The van der Waals surface area contributed by atoms with Gasteiger partial charge in [0.05, 0.1) is 12.1 Å². The van der Waals surface area contributed by atoms with Crippen molar-refractivity contribution in [3.63, 3.8) is 0 Å². The van der Waals surface area contributed by atoms with E-state index in [2.05, 4.69) is 26.6 Å². The molecule has 0 aliphatic heterocycles. The van der Waals surface area contributed by atoms with Gasteiger partial charge in [-0.25, -0.2) is 9.18 Å². The van der Waals surface area contributed by atoms with Gasteiger partial charge in [-0.15, -0.1) is 0 Å². The minimum absolute atomic E-state index is 0.0497. The van der Waals surface area contributed by atoms with E-state index in [0.717, 1.165) is 25.7 Å². The highest BCUT2D eigenvalue weighted by Crippen LogP contribution is 2.28. The summed E-state index contributed by atoms with van der Waals surface area (Å²) in [7, 11) is 0. The maximum atomic E-state index is 13.2. The lowest BCUT2D eigenvalue weighted by molar-refractivity contribution is 0.162. The quantitative estimate of drug-likeness (QED) is 0.786. The van der Waals surface area contributed by atoms with Gasteiger partial charge in [-0.1, -0.05) is 28.8 Å². The number of urea groups is 1. The van der Waals surface area contributed by atoms with Gasteiger partial charge < -0.3 is 15.7 Å². The first-order valence-electron chi connectivity index (χ1n) is 6.65. The van der Waals surface area contributed by atoms with Crippen molar-refractivity contribution in [1.29, 1.82) is 0 Å². The minimum Gasteiger partial charge on any atom is -0.394 e. The molecule has 0 heterocycles. The van der Waals surface area contributed by atoms with E-state index in [4.69, 9.17) is 0 Å². The Labute approximate surface area is 125 Å². The summed E-state index contributed by atoms with van der Waals surface area (Å²) in [5.41, 5.74) is 0.184. The van der Waals surface area contributed by atoms with Gasteiger partial charge in [0.25, 0.3) is 0 Å². The van der Waals surface area contributed by atoms with Crippen molar-refractivity contribution in [2.24, 2.45) is 0 Å².